The van der Waals surface area contributed by atoms with Gasteiger partial charge in [0.05, 0.1) is 0 Å². The highest BCUT2D eigenvalue weighted by Crippen LogP contribution is 2.16. The van der Waals surface area contributed by atoms with Gasteiger partial charge in [0.1, 0.15) is 5.75 Å². The average Bonchev–Trinajstić information content (AvgIpc) is 1.85. The monoisotopic (exact) mass is 153 g/mol. The minimum Gasteiger partial charge on any atom is -0.507 e. The van der Waals surface area contributed by atoms with E-state index in [0.717, 1.165) is 17.7 Å². The fourth-order valence-electron chi connectivity index (χ4n) is 1.15. The number of aryl methyl sites for hydroxylation is 1. The topological polar surface area (TPSA) is 53.1 Å². The van der Waals surface area contributed by atoms with E-state index in [1.165, 1.54) is 6.07 Å². The Bertz CT molecular complexity index is 288. The summed E-state index contributed by atoms with van der Waals surface area (Å²) in [5.74, 6) is 0.0914. The summed E-state index contributed by atoms with van der Waals surface area (Å²) in [7, 11) is 0. The molecule has 0 fully saturated rings. The Morgan fingerprint density at radius 1 is 1.64 bits per heavy atom. The lowest BCUT2D eigenvalue weighted by molar-refractivity contribution is 0.466. The van der Waals surface area contributed by atoms with Crippen LogP contribution in [-0.4, -0.2) is 10.1 Å². The molecule has 1 aromatic heterocycles. The Labute approximate surface area is 64.7 Å². The van der Waals surface area contributed by atoms with Crippen molar-refractivity contribution in [2.45, 2.75) is 20.3 Å². The van der Waals surface area contributed by atoms with Crippen molar-refractivity contribution in [2.24, 2.45) is 0 Å². The van der Waals surface area contributed by atoms with Crippen molar-refractivity contribution in [2.75, 3.05) is 0 Å². The van der Waals surface area contributed by atoms with E-state index in [0.29, 0.717) is 0 Å². The van der Waals surface area contributed by atoms with Crippen molar-refractivity contribution in [3.8, 4) is 5.75 Å². The first-order valence-corrected chi connectivity index (χ1v) is 3.57. The molecule has 0 aliphatic rings. The van der Waals surface area contributed by atoms with Crippen molar-refractivity contribution in [3.63, 3.8) is 0 Å². The fraction of sp³-hybridized carbons (Fsp3) is 0.375. The van der Waals surface area contributed by atoms with Crippen LogP contribution in [0.15, 0.2) is 10.9 Å². The Kier molecular flexibility index (Phi) is 1.98. The van der Waals surface area contributed by atoms with Crippen molar-refractivity contribution in [1.29, 1.82) is 0 Å². The second kappa shape index (κ2) is 2.78. The molecule has 60 valence electrons. The molecule has 3 nitrogen and oxygen atoms in total. The number of aromatic amines is 1. The van der Waals surface area contributed by atoms with Crippen LogP contribution >= 0.6 is 0 Å². The van der Waals surface area contributed by atoms with Gasteiger partial charge < -0.3 is 10.1 Å². The summed E-state index contributed by atoms with van der Waals surface area (Å²) >= 11 is 0. The van der Waals surface area contributed by atoms with E-state index >= 15 is 0 Å². The van der Waals surface area contributed by atoms with E-state index in [2.05, 4.69) is 4.98 Å². The van der Waals surface area contributed by atoms with Gasteiger partial charge in [-0.25, -0.2) is 0 Å². The molecule has 1 rings (SSSR count). The summed E-state index contributed by atoms with van der Waals surface area (Å²) in [6.07, 6.45) is 0.731. The molecule has 3 heteroatoms. The third-order valence-corrected chi connectivity index (χ3v) is 1.69. The SMILES string of the molecule is CCc1c(O)cc(=O)[nH]c1C. The second-order valence-electron chi connectivity index (χ2n) is 2.48. The lowest BCUT2D eigenvalue weighted by Gasteiger charge is -2.03. The first-order valence-electron chi connectivity index (χ1n) is 3.57. The van der Waals surface area contributed by atoms with Crippen LogP contribution in [0.25, 0.3) is 0 Å². The largest absolute Gasteiger partial charge is 0.507 e. The molecule has 0 aliphatic carbocycles. The molecule has 0 aliphatic heterocycles. The van der Waals surface area contributed by atoms with Crippen LogP contribution in [0.3, 0.4) is 0 Å². The maximum absolute atomic E-state index is 10.8. The normalized spacial score (nSPS) is 10.0. The van der Waals surface area contributed by atoms with Crippen LogP contribution in [0.1, 0.15) is 18.2 Å². The van der Waals surface area contributed by atoms with Gasteiger partial charge in [-0.2, -0.15) is 0 Å². The van der Waals surface area contributed by atoms with Gasteiger partial charge in [-0.3, -0.25) is 4.79 Å². The van der Waals surface area contributed by atoms with Gasteiger partial charge in [0.25, 0.3) is 5.56 Å². The third-order valence-electron chi connectivity index (χ3n) is 1.69. The number of nitrogens with one attached hydrogen (secondary N) is 1. The van der Waals surface area contributed by atoms with Gasteiger partial charge in [0.2, 0.25) is 0 Å². The summed E-state index contributed by atoms with van der Waals surface area (Å²) in [5, 5.41) is 9.25. The summed E-state index contributed by atoms with van der Waals surface area (Å²) in [4.78, 5) is 13.4. The number of aromatic hydroxyl groups is 1. The predicted octanol–water partition coefficient (Wildman–Crippen LogP) is 0.951. The molecule has 0 saturated heterocycles. The van der Waals surface area contributed by atoms with E-state index in [9.17, 15) is 9.90 Å². The minimum absolute atomic E-state index is 0.0914. The number of pyridine rings is 1. The molecular formula is C8H11NO2. The van der Waals surface area contributed by atoms with Gasteiger partial charge in [0, 0.05) is 17.3 Å². The lowest BCUT2D eigenvalue weighted by atomic mass is 10.1. The first-order chi connectivity index (χ1) is 5.15. The number of rotatable bonds is 1. The van der Waals surface area contributed by atoms with Crippen molar-refractivity contribution in [1.82, 2.24) is 4.98 Å². The molecule has 1 heterocycles. The smallest absolute Gasteiger partial charge is 0.251 e. The van der Waals surface area contributed by atoms with E-state index in [4.69, 9.17) is 0 Å². The van der Waals surface area contributed by atoms with Gasteiger partial charge >= 0.3 is 0 Å². The fourth-order valence-corrected chi connectivity index (χ4v) is 1.15. The van der Waals surface area contributed by atoms with E-state index in [-0.39, 0.29) is 11.3 Å². The molecule has 0 aromatic carbocycles. The average molecular weight is 153 g/mol. The molecular weight excluding hydrogens is 142 g/mol. The summed E-state index contributed by atoms with van der Waals surface area (Å²) in [6.45, 7) is 3.71. The Hall–Kier alpha value is -1.25. The quantitative estimate of drug-likeness (QED) is 0.631. The highest BCUT2D eigenvalue weighted by molar-refractivity contribution is 5.33. The highest BCUT2D eigenvalue weighted by Gasteiger charge is 2.02. The van der Waals surface area contributed by atoms with Crippen molar-refractivity contribution in [3.05, 3.63) is 27.7 Å². The minimum atomic E-state index is -0.253. The summed E-state index contributed by atoms with van der Waals surface area (Å²) in [5.41, 5.74) is 1.30. The van der Waals surface area contributed by atoms with Crippen LogP contribution in [0.2, 0.25) is 0 Å². The lowest BCUT2D eigenvalue weighted by Crippen LogP contribution is -2.07. The van der Waals surface area contributed by atoms with Crippen LogP contribution < -0.4 is 5.56 Å². The van der Waals surface area contributed by atoms with Gasteiger partial charge in [-0.15, -0.1) is 0 Å². The van der Waals surface area contributed by atoms with E-state index in [1.807, 2.05) is 6.92 Å². The molecule has 2 N–H and O–H groups in total. The predicted molar refractivity (Wildman–Crippen MR) is 42.8 cm³/mol. The number of aromatic nitrogens is 1. The van der Waals surface area contributed by atoms with Crippen LogP contribution in [0, 0.1) is 6.92 Å². The number of hydrogen-bond donors (Lipinski definition) is 2. The van der Waals surface area contributed by atoms with Crippen molar-refractivity contribution >= 4 is 0 Å². The molecule has 0 atom stereocenters. The van der Waals surface area contributed by atoms with Crippen molar-refractivity contribution < 1.29 is 5.11 Å². The second-order valence-corrected chi connectivity index (χ2v) is 2.48. The molecule has 0 amide bonds. The third kappa shape index (κ3) is 1.42. The number of hydrogen-bond acceptors (Lipinski definition) is 2. The Morgan fingerprint density at radius 3 is 2.73 bits per heavy atom. The Morgan fingerprint density at radius 2 is 2.27 bits per heavy atom. The van der Waals surface area contributed by atoms with Gasteiger partial charge in [-0.05, 0) is 13.3 Å². The molecule has 1 aromatic rings. The standard InChI is InChI=1S/C8H11NO2/c1-3-6-5(2)9-8(11)4-7(6)10/h4H,3H2,1-2H3,(H2,9,10,11). The van der Waals surface area contributed by atoms with Crippen LogP contribution in [0.5, 0.6) is 5.75 Å². The molecule has 0 saturated carbocycles. The summed E-state index contributed by atoms with van der Waals surface area (Å²) in [6, 6.07) is 1.20. The maximum atomic E-state index is 10.8. The van der Waals surface area contributed by atoms with Gasteiger partial charge in [-0.1, -0.05) is 6.92 Å². The zero-order valence-electron chi connectivity index (χ0n) is 6.64. The first kappa shape index (κ1) is 7.85. The molecule has 0 bridgehead atoms. The molecule has 0 spiro atoms. The highest BCUT2D eigenvalue weighted by atomic mass is 16.3. The zero-order valence-corrected chi connectivity index (χ0v) is 6.64. The van der Waals surface area contributed by atoms with E-state index < -0.39 is 0 Å². The van der Waals surface area contributed by atoms with Gasteiger partial charge in [0.15, 0.2) is 0 Å². The molecule has 11 heavy (non-hydrogen) atoms. The molecule has 0 radical (unpaired) electrons. The van der Waals surface area contributed by atoms with Crippen LogP contribution in [0.4, 0.5) is 0 Å². The molecule has 0 unspecified atom stereocenters. The number of H-pyrrole nitrogens is 1. The maximum Gasteiger partial charge on any atom is 0.251 e. The van der Waals surface area contributed by atoms with E-state index in [1.54, 1.807) is 6.92 Å². The Balaban J connectivity index is 3.36. The zero-order chi connectivity index (χ0) is 8.43. The van der Waals surface area contributed by atoms with Crippen LogP contribution in [-0.2, 0) is 6.42 Å². The summed E-state index contributed by atoms with van der Waals surface area (Å²) < 4.78 is 0.